The van der Waals surface area contributed by atoms with Crippen LogP contribution in [0, 0.1) is 13.8 Å². The summed E-state index contributed by atoms with van der Waals surface area (Å²) in [5.41, 5.74) is 4.98. The Bertz CT molecular complexity index is 592. The lowest BCUT2D eigenvalue weighted by Crippen LogP contribution is -2.04. The van der Waals surface area contributed by atoms with Crippen molar-refractivity contribution in [2.24, 2.45) is 0 Å². The van der Waals surface area contributed by atoms with Gasteiger partial charge in [0.05, 0.1) is 0 Å². The molecular formula is C18H20O. The van der Waals surface area contributed by atoms with Crippen molar-refractivity contribution in [3.8, 4) is 0 Å². The van der Waals surface area contributed by atoms with E-state index < -0.39 is 0 Å². The van der Waals surface area contributed by atoms with E-state index in [0.717, 1.165) is 22.3 Å². The van der Waals surface area contributed by atoms with Crippen molar-refractivity contribution in [3.63, 3.8) is 0 Å². The average Bonchev–Trinajstić information content (AvgIpc) is 2.41. The molecule has 0 aromatic heterocycles. The van der Waals surface area contributed by atoms with Gasteiger partial charge in [-0.25, -0.2) is 0 Å². The first-order valence-corrected chi connectivity index (χ1v) is 6.71. The highest BCUT2D eigenvalue weighted by atomic mass is 16.1. The Balaban J connectivity index is 2.36. The van der Waals surface area contributed by atoms with E-state index in [-0.39, 0.29) is 5.78 Å². The molecule has 0 amide bonds. The fraction of sp³-hybridized carbons (Fsp3) is 0.278. The van der Waals surface area contributed by atoms with Gasteiger partial charge >= 0.3 is 0 Å². The van der Waals surface area contributed by atoms with Gasteiger partial charge in [0.2, 0.25) is 0 Å². The molecular weight excluding hydrogens is 232 g/mol. The zero-order valence-electron chi connectivity index (χ0n) is 12.0. The molecule has 0 fully saturated rings. The van der Waals surface area contributed by atoms with Crippen LogP contribution in [0.15, 0.2) is 42.5 Å². The second-order valence-electron chi connectivity index (χ2n) is 5.42. The molecule has 2 aromatic rings. The van der Waals surface area contributed by atoms with Crippen LogP contribution in [0.3, 0.4) is 0 Å². The zero-order valence-corrected chi connectivity index (χ0v) is 12.0. The number of carbonyl (C=O) groups is 1. The first kappa shape index (κ1) is 13.5. The lowest BCUT2D eigenvalue weighted by molar-refractivity contribution is 0.103. The van der Waals surface area contributed by atoms with Crippen LogP contribution >= 0.6 is 0 Å². The van der Waals surface area contributed by atoms with E-state index in [0.29, 0.717) is 5.92 Å². The maximum atomic E-state index is 12.5. The van der Waals surface area contributed by atoms with E-state index in [1.54, 1.807) is 0 Å². The fourth-order valence-corrected chi connectivity index (χ4v) is 2.16. The van der Waals surface area contributed by atoms with Crippen molar-refractivity contribution in [2.45, 2.75) is 33.6 Å². The van der Waals surface area contributed by atoms with Gasteiger partial charge in [-0.2, -0.15) is 0 Å². The van der Waals surface area contributed by atoms with Crippen molar-refractivity contribution < 1.29 is 4.79 Å². The number of hydrogen-bond donors (Lipinski definition) is 0. The molecule has 0 unspecified atom stereocenters. The number of benzene rings is 2. The van der Waals surface area contributed by atoms with Crippen LogP contribution in [0.2, 0.25) is 0 Å². The number of carbonyl (C=O) groups excluding carboxylic acids is 1. The highest BCUT2D eigenvalue weighted by Crippen LogP contribution is 2.19. The standard InChI is InChI=1S/C18H20O/c1-12(2)15-7-9-16(10-8-15)18(19)17-11-13(3)5-6-14(17)4/h5-12H,1-4H3. The third-order valence-corrected chi connectivity index (χ3v) is 3.48. The molecule has 19 heavy (non-hydrogen) atoms. The number of ketones is 1. The molecule has 98 valence electrons. The van der Waals surface area contributed by atoms with Crippen LogP contribution in [0.1, 0.15) is 52.4 Å². The monoisotopic (exact) mass is 252 g/mol. The SMILES string of the molecule is Cc1ccc(C)c(C(=O)c2ccc(C(C)C)cc2)c1. The lowest BCUT2D eigenvalue weighted by atomic mass is 9.95. The first-order chi connectivity index (χ1) is 8.99. The second-order valence-corrected chi connectivity index (χ2v) is 5.42. The summed E-state index contributed by atoms with van der Waals surface area (Å²) in [5.74, 6) is 0.598. The Kier molecular flexibility index (Phi) is 3.84. The van der Waals surface area contributed by atoms with Crippen molar-refractivity contribution in [1.29, 1.82) is 0 Å². The van der Waals surface area contributed by atoms with Gasteiger partial charge in [0.15, 0.2) is 5.78 Å². The summed E-state index contributed by atoms with van der Waals surface area (Å²) in [6.45, 7) is 8.30. The highest BCUT2D eigenvalue weighted by Gasteiger charge is 2.12. The predicted molar refractivity (Wildman–Crippen MR) is 79.9 cm³/mol. The Morgan fingerprint density at radius 1 is 0.947 bits per heavy atom. The Morgan fingerprint density at radius 2 is 1.58 bits per heavy atom. The summed E-state index contributed by atoms with van der Waals surface area (Å²) in [7, 11) is 0. The summed E-state index contributed by atoms with van der Waals surface area (Å²) >= 11 is 0. The molecule has 0 N–H and O–H groups in total. The number of rotatable bonds is 3. The Labute approximate surface area is 115 Å². The predicted octanol–water partition coefficient (Wildman–Crippen LogP) is 4.66. The maximum absolute atomic E-state index is 12.5. The molecule has 2 rings (SSSR count). The van der Waals surface area contributed by atoms with Crippen LogP contribution in [0.4, 0.5) is 0 Å². The van der Waals surface area contributed by atoms with E-state index >= 15 is 0 Å². The van der Waals surface area contributed by atoms with Gasteiger partial charge in [0.25, 0.3) is 0 Å². The minimum absolute atomic E-state index is 0.108. The number of aryl methyl sites for hydroxylation is 2. The summed E-state index contributed by atoms with van der Waals surface area (Å²) < 4.78 is 0. The topological polar surface area (TPSA) is 17.1 Å². The second kappa shape index (κ2) is 5.40. The van der Waals surface area contributed by atoms with Crippen molar-refractivity contribution >= 4 is 5.78 Å². The summed E-state index contributed by atoms with van der Waals surface area (Å²) in [4.78, 5) is 12.5. The Morgan fingerprint density at radius 3 is 2.16 bits per heavy atom. The van der Waals surface area contributed by atoms with E-state index in [1.165, 1.54) is 5.56 Å². The van der Waals surface area contributed by atoms with Crippen molar-refractivity contribution in [1.82, 2.24) is 0 Å². The molecule has 1 heteroatoms. The quantitative estimate of drug-likeness (QED) is 0.726. The molecule has 1 nitrogen and oxygen atoms in total. The smallest absolute Gasteiger partial charge is 0.193 e. The third kappa shape index (κ3) is 2.93. The zero-order chi connectivity index (χ0) is 14.0. The first-order valence-electron chi connectivity index (χ1n) is 6.71. The molecule has 0 aliphatic heterocycles. The van der Waals surface area contributed by atoms with E-state index in [4.69, 9.17) is 0 Å². The van der Waals surface area contributed by atoms with Gasteiger partial charge < -0.3 is 0 Å². The molecule has 2 aromatic carbocycles. The van der Waals surface area contributed by atoms with Crippen LogP contribution in [0.5, 0.6) is 0 Å². The fourth-order valence-electron chi connectivity index (χ4n) is 2.16. The molecule has 0 saturated carbocycles. The minimum Gasteiger partial charge on any atom is -0.289 e. The van der Waals surface area contributed by atoms with Gasteiger partial charge in [-0.3, -0.25) is 4.79 Å². The summed E-state index contributed by atoms with van der Waals surface area (Å²) in [6.07, 6.45) is 0. The van der Waals surface area contributed by atoms with Crippen LogP contribution in [-0.4, -0.2) is 5.78 Å². The van der Waals surface area contributed by atoms with Crippen LogP contribution in [-0.2, 0) is 0 Å². The molecule has 0 heterocycles. The van der Waals surface area contributed by atoms with Crippen molar-refractivity contribution in [2.75, 3.05) is 0 Å². The number of hydrogen-bond acceptors (Lipinski definition) is 1. The lowest BCUT2D eigenvalue weighted by Gasteiger charge is -2.08. The van der Waals surface area contributed by atoms with Gasteiger partial charge in [0, 0.05) is 11.1 Å². The molecule has 0 aliphatic carbocycles. The molecule has 0 aliphatic rings. The van der Waals surface area contributed by atoms with E-state index in [1.807, 2.05) is 56.3 Å². The largest absolute Gasteiger partial charge is 0.289 e. The maximum Gasteiger partial charge on any atom is 0.193 e. The molecule has 0 bridgehead atoms. The van der Waals surface area contributed by atoms with E-state index in [9.17, 15) is 4.79 Å². The highest BCUT2D eigenvalue weighted by molar-refractivity contribution is 6.10. The normalized spacial score (nSPS) is 10.8. The third-order valence-electron chi connectivity index (χ3n) is 3.48. The minimum atomic E-state index is 0.108. The Hall–Kier alpha value is -1.89. The van der Waals surface area contributed by atoms with Crippen molar-refractivity contribution in [3.05, 3.63) is 70.3 Å². The summed E-state index contributed by atoms with van der Waals surface area (Å²) in [6, 6.07) is 14.0. The summed E-state index contributed by atoms with van der Waals surface area (Å²) in [5, 5.41) is 0. The average molecular weight is 252 g/mol. The van der Waals surface area contributed by atoms with Gasteiger partial charge in [0.1, 0.15) is 0 Å². The molecule has 0 atom stereocenters. The molecule has 0 spiro atoms. The molecule has 0 radical (unpaired) electrons. The molecule has 0 saturated heterocycles. The van der Waals surface area contributed by atoms with Crippen LogP contribution in [0.25, 0.3) is 0 Å². The van der Waals surface area contributed by atoms with Gasteiger partial charge in [-0.05, 0) is 37.0 Å². The van der Waals surface area contributed by atoms with E-state index in [2.05, 4.69) is 13.8 Å². The van der Waals surface area contributed by atoms with Gasteiger partial charge in [-0.1, -0.05) is 55.8 Å². The van der Waals surface area contributed by atoms with Gasteiger partial charge in [-0.15, -0.1) is 0 Å². The van der Waals surface area contributed by atoms with Crippen LogP contribution < -0.4 is 0 Å².